The number of rotatable bonds is 4. The number of aryl methyl sites for hydroxylation is 1. The molecule has 0 aliphatic heterocycles. The third-order valence-corrected chi connectivity index (χ3v) is 1.84. The van der Waals surface area contributed by atoms with E-state index in [1.165, 1.54) is 0 Å². The fourth-order valence-electron chi connectivity index (χ4n) is 1.29. The Balaban J connectivity index is 3.32. The van der Waals surface area contributed by atoms with Crippen molar-refractivity contribution in [3.05, 3.63) is 15.9 Å². The van der Waals surface area contributed by atoms with Gasteiger partial charge in [-0.3, -0.25) is 10.1 Å². The summed E-state index contributed by atoms with van der Waals surface area (Å²) in [5.74, 6) is 0.954. The van der Waals surface area contributed by atoms with Crippen molar-refractivity contribution in [1.29, 1.82) is 0 Å². The van der Waals surface area contributed by atoms with Crippen LogP contribution in [0, 0.1) is 17.0 Å². The molecule has 1 heterocycles. The van der Waals surface area contributed by atoms with Crippen LogP contribution in [0.4, 0.5) is 17.3 Å². The van der Waals surface area contributed by atoms with Gasteiger partial charge in [-0.2, -0.15) is 0 Å². The molecule has 0 aliphatic rings. The molecule has 0 saturated carbocycles. The quantitative estimate of drug-likeness (QED) is 0.596. The van der Waals surface area contributed by atoms with Crippen LogP contribution in [0.5, 0.6) is 0 Å². The molecule has 1 rings (SSSR count). The van der Waals surface area contributed by atoms with Gasteiger partial charge in [-0.15, -0.1) is 0 Å². The van der Waals surface area contributed by atoms with Crippen LogP contribution in [0.2, 0.25) is 0 Å². The molecule has 0 fully saturated rings. The first-order valence-corrected chi connectivity index (χ1v) is 4.93. The molecule has 0 aliphatic carbocycles. The first-order chi connectivity index (χ1) is 7.45. The predicted molar refractivity (Wildman–Crippen MR) is 61.7 cm³/mol. The zero-order valence-electron chi connectivity index (χ0n) is 9.74. The molecule has 0 radical (unpaired) electrons. The number of anilines is 2. The summed E-state index contributed by atoms with van der Waals surface area (Å²) in [7, 11) is 1.59. The lowest BCUT2D eigenvalue weighted by atomic mass is 10.3. The van der Waals surface area contributed by atoms with Crippen molar-refractivity contribution >= 4 is 17.3 Å². The van der Waals surface area contributed by atoms with E-state index in [-0.39, 0.29) is 23.4 Å². The van der Waals surface area contributed by atoms with Crippen LogP contribution in [-0.2, 0) is 0 Å². The van der Waals surface area contributed by atoms with Crippen molar-refractivity contribution in [1.82, 2.24) is 9.97 Å². The predicted octanol–water partition coefficient (Wildman–Crippen LogP) is 1.56. The molecule has 1 aromatic rings. The van der Waals surface area contributed by atoms with E-state index in [2.05, 4.69) is 20.6 Å². The third-order valence-electron chi connectivity index (χ3n) is 1.84. The highest BCUT2D eigenvalue weighted by Gasteiger charge is 2.23. The molecule has 0 amide bonds. The van der Waals surface area contributed by atoms with E-state index < -0.39 is 4.92 Å². The second-order valence-corrected chi connectivity index (χ2v) is 3.62. The summed E-state index contributed by atoms with van der Waals surface area (Å²) in [6, 6.07) is 0.0673. The summed E-state index contributed by atoms with van der Waals surface area (Å²) in [6.07, 6.45) is 0. The van der Waals surface area contributed by atoms with Crippen LogP contribution in [0.15, 0.2) is 0 Å². The zero-order valence-corrected chi connectivity index (χ0v) is 9.74. The van der Waals surface area contributed by atoms with Crippen LogP contribution >= 0.6 is 0 Å². The summed E-state index contributed by atoms with van der Waals surface area (Å²) in [5, 5.41) is 16.6. The first kappa shape index (κ1) is 12.2. The van der Waals surface area contributed by atoms with Crippen LogP contribution in [-0.4, -0.2) is 28.0 Å². The third kappa shape index (κ3) is 2.56. The molecule has 0 bridgehead atoms. The molecule has 0 aromatic carbocycles. The van der Waals surface area contributed by atoms with Crippen LogP contribution in [0.25, 0.3) is 0 Å². The lowest BCUT2D eigenvalue weighted by Gasteiger charge is -2.11. The first-order valence-electron chi connectivity index (χ1n) is 4.93. The number of hydrogen-bond donors (Lipinski definition) is 2. The number of aromatic nitrogens is 2. The number of hydrogen-bond acceptors (Lipinski definition) is 6. The van der Waals surface area contributed by atoms with Crippen molar-refractivity contribution < 1.29 is 4.92 Å². The minimum atomic E-state index is -0.490. The van der Waals surface area contributed by atoms with Gasteiger partial charge in [0, 0.05) is 13.1 Å². The molecular formula is C9H15N5O2. The minimum Gasteiger partial charge on any atom is -0.367 e. The van der Waals surface area contributed by atoms with E-state index >= 15 is 0 Å². The fourth-order valence-corrected chi connectivity index (χ4v) is 1.29. The van der Waals surface area contributed by atoms with Crippen LogP contribution in [0.3, 0.4) is 0 Å². The molecule has 0 spiro atoms. The molecular weight excluding hydrogens is 210 g/mol. The Bertz CT molecular complexity index is 405. The largest absolute Gasteiger partial charge is 0.367 e. The minimum absolute atomic E-state index is 0.0673. The Morgan fingerprint density at radius 2 is 1.88 bits per heavy atom. The van der Waals surface area contributed by atoms with E-state index in [1.807, 2.05) is 13.8 Å². The highest BCUT2D eigenvalue weighted by molar-refractivity contribution is 5.69. The van der Waals surface area contributed by atoms with Gasteiger partial charge in [0.25, 0.3) is 0 Å². The molecule has 2 N–H and O–H groups in total. The zero-order chi connectivity index (χ0) is 12.3. The van der Waals surface area contributed by atoms with Crippen LogP contribution in [0.1, 0.15) is 19.7 Å². The van der Waals surface area contributed by atoms with Gasteiger partial charge in [-0.1, -0.05) is 0 Å². The normalized spacial score (nSPS) is 10.3. The summed E-state index contributed by atoms with van der Waals surface area (Å²) in [5.41, 5.74) is -0.123. The second-order valence-electron chi connectivity index (χ2n) is 3.62. The summed E-state index contributed by atoms with van der Waals surface area (Å²) < 4.78 is 0. The maximum Gasteiger partial charge on any atom is 0.353 e. The van der Waals surface area contributed by atoms with E-state index in [1.54, 1.807) is 14.0 Å². The highest BCUT2D eigenvalue weighted by Crippen LogP contribution is 2.29. The Labute approximate surface area is 93.4 Å². The van der Waals surface area contributed by atoms with Gasteiger partial charge in [0.1, 0.15) is 5.82 Å². The summed E-state index contributed by atoms with van der Waals surface area (Å²) >= 11 is 0. The Morgan fingerprint density at radius 3 is 2.31 bits per heavy atom. The summed E-state index contributed by atoms with van der Waals surface area (Å²) in [6.45, 7) is 5.47. The monoisotopic (exact) mass is 225 g/mol. The number of nitrogens with zero attached hydrogens (tertiary/aromatic N) is 3. The van der Waals surface area contributed by atoms with Gasteiger partial charge in [0.15, 0.2) is 0 Å². The van der Waals surface area contributed by atoms with Gasteiger partial charge >= 0.3 is 5.69 Å². The van der Waals surface area contributed by atoms with Gasteiger partial charge in [0.05, 0.1) is 4.92 Å². The Kier molecular flexibility index (Phi) is 3.60. The maximum atomic E-state index is 10.9. The average molecular weight is 225 g/mol. The van der Waals surface area contributed by atoms with E-state index in [4.69, 9.17) is 0 Å². The molecule has 7 heteroatoms. The van der Waals surface area contributed by atoms with E-state index in [0.717, 1.165) is 0 Å². The maximum absolute atomic E-state index is 10.9. The molecule has 16 heavy (non-hydrogen) atoms. The van der Waals surface area contributed by atoms with Crippen molar-refractivity contribution in [2.75, 3.05) is 17.7 Å². The van der Waals surface area contributed by atoms with E-state index in [0.29, 0.717) is 5.82 Å². The van der Waals surface area contributed by atoms with Crippen molar-refractivity contribution in [3.8, 4) is 0 Å². The highest BCUT2D eigenvalue weighted by atomic mass is 16.6. The van der Waals surface area contributed by atoms with Crippen molar-refractivity contribution in [2.24, 2.45) is 0 Å². The Hall–Kier alpha value is -1.92. The summed E-state index contributed by atoms with van der Waals surface area (Å²) in [4.78, 5) is 18.5. The molecule has 88 valence electrons. The van der Waals surface area contributed by atoms with Gasteiger partial charge < -0.3 is 10.6 Å². The van der Waals surface area contributed by atoms with Gasteiger partial charge in [-0.05, 0) is 20.8 Å². The standard InChI is InChI=1S/C9H15N5O2/c1-5(2)11-9-7(14(15)16)8(10-4)12-6(3)13-9/h5H,1-4H3,(H2,10,11,12,13). The van der Waals surface area contributed by atoms with Gasteiger partial charge in [0.2, 0.25) is 11.6 Å². The van der Waals surface area contributed by atoms with Crippen molar-refractivity contribution in [2.45, 2.75) is 26.8 Å². The number of nitro groups is 1. The second kappa shape index (κ2) is 4.73. The average Bonchev–Trinajstić information content (AvgIpc) is 2.14. The SMILES string of the molecule is CNc1nc(C)nc(NC(C)C)c1[N+](=O)[O-]. The lowest BCUT2D eigenvalue weighted by molar-refractivity contribution is -0.383. The molecule has 0 saturated heterocycles. The topological polar surface area (TPSA) is 93.0 Å². The van der Waals surface area contributed by atoms with Crippen LogP contribution < -0.4 is 10.6 Å². The molecule has 0 unspecified atom stereocenters. The molecule has 1 aromatic heterocycles. The number of nitrogens with one attached hydrogen (secondary N) is 2. The van der Waals surface area contributed by atoms with Crippen molar-refractivity contribution in [3.63, 3.8) is 0 Å². The lowest BCUT2D eigenvalue weighted by Crippen LogP contribution is -2.15. The smallest absolute Gasteiger partial charge is 0.353 e. The molecule has 0 atom stereocenters. The molecule has 7 nitrogen and oxygen atoms in total. The fraction of sp³-hybridized carbons (Fsp3) is 0.556. The van der Waals surface area contributed by atoms with Gasteiger partial charge in [-0.25, -0.2) is 9.97 Å². The Morgan fingerprint density at radius 1 is 1.31 bits per heavy atom. The van der Waals surface area contributed by atoms with E-state index in [9.17, 15) is 10.1 Å².